The minimum Gasteiger partial charge on any atom is -0.486 e. The summed E-state index contributed by atoms with van der Waals surface area (Å²) in [5.74, 6) is 0.356. The fourth-order valence-electron chi connectivity index (χ4n) is 3.79. The van der Waals surface area contributed by atoms with Gasteiger partial charge in [0.1, 0.15) is 13.2 Å². The molecule has 0 saturated carbocycles. The van der Waals surface area contributed by atoms with E-state index >= 15 is 0 Å². The number of carbonyl (C=O) groups excluding carboxylic acids is 3. The number of ether oxygens (including phenoxy) is 3. The van der Waals surface area contributed by atoms with E-state index in [2.05, 4.69) is 10.3 Å². The first-order valence-electron chi connectivity index (χ1n) is 10.2. The van der Waals surface area contributed by atoms with E-state index in [-0.39, 0.29) is 35.6 Å². The van der Waals surface area contributed by atoms with Crippen molar-refractivity contribution in [1.82, 2.24) is 10.3 Å². The van der Waals surface area contributed by atoms with Crippen LogP contribution in [0.3, 0.4) is 0 Å². The summed E-state index contributed by atoms with van der Waals surface area (Å²) in [4.78, 5) is 40.0. The lowest BCUT2D eigenvalue weighted by Crippen LogP contribution is -2.33. The number of hydrogen-bond acceptors (Lipinski definition) is 6. The van der Waals surface area contributed by atoms with Crippen molar-refractivity contribution in [3.63, 3.8) is 0 Å². The van der Waals surface area contributed by atoms with Crippen LogP contribution in [0.4, 0.5) is 0 Å². The summed E-state index contributed by atoms with van der Waals surface area (Å²) in [6.07, 6.45) is -0.0909. The Morgan fingerprint density at radius 1 is 1.16 bits per heavy atom. The number of ketones is 1. The predicted octanol–water partition coefficient (Wildman–Crippen LogP) is 3.14. The number of nitrogens with one attached hydrogen (secondary N) is 2. The van der Waals surface area contributed by atoms with Gasteiger partial charge in [0, 0.05) is 12.6 Å². The number of hydrogen-bond donors (Lipinski definition) is 2. The lowest BCUT2D eigenvalue weighted by Gasteiger charge is -2.25. The van der Waals surface area contributed by atoms with Gasteiger partial charge in [-0.1, -0.05) is 19.9 Å². The summed E-state index contributed by atoms with van der Waals surface area (Å²) >= 11 is 0. The smallest absolute Gasteiger partial charge is 0.339 e. The molecular weight excluding hydrogens is 400 g/mol. The Hall–Kier alpha value is -3.29. The average molecular weight is 428 g/mol. The van der Waals surface area contributed by atoms with Crippen LogP contribution in [0.5, 0.6) is 11.5 Å². The molecule has 2 N–H and O–H groups in total. The largest absolute Gasteiger partial charge is 0.486 e. The second kappa shape index (κ2) is 9.24. The molecule has 0 bridgehead atoms. The van der Waals surface area contributed by atoms with Crippen molar-refractivity contribution in [3.8, 4) is 11.5 Å². The van der Waals surface area contributed by atoms with Gasteiger partial charge in [0.2, 0.25) is 5.91 Å². The molecular formula is C23H28N2O6. The highest BCUT2D eigenvalue weighted by atomic mass is 16.6. The van der Waals surface area contributed by atoms with Gasteiger partial charge in [-0.05, 0) is 36.1 Å². The van der Waals surface area contributed by atoms with E-state index in [0.29, 0.717) is 41.7 Å². The fraction of sp³-hybridized carbons (Fsp3) is 0.435. The Morgan fingerprint density at radius 3 is 2.45 bits per heavy atom. The van der Waals surface area contributed by atoms with E-state index in [4.69, 9.17) is 14.2 Å². The third kappa shape index (κ3) is 4.73. The minimum atomic E-state index is -0.587. The van der Waals surface area contributed by atoms with Gasteiger partial charge in [0.15, 0.2) is 17.3 Å². The summed E-state index contributed by atoms with van der Waals surface area (Å²) in [7, 11) is 1.27. The molecule has 0 spiro atoms. The number of esters is 1. The van der Waals surface area contributed by atoms with E-state index < -0.39 is 5.97 Å². The van der Waals surface area contributed by atoms with Crippen molar-refractivity contribution in [2.45, 2.75) is 40.2 Å². The first kappa shape index (κ1) is 22.4. The second-order valence-electron chi connectivity index (χ2n) is 7.90. The number of methoxy groups -OCH3 is 1. The molecule has 31 heavy (non-hydrogen) atoms. The molecule has 8 nitrogen and oxygen atoms in total. The number of rotatable bonds is 7. The van der Waals surface area contributed by atoms with E-state index in [1.807, 2.05) is 32.0 Å². The number of Topliss-reactive ketones (excluding diaryl/α,β-unsaturated/α-hetero) is 1. The van der Waals surface area contributed by atoms with Gasteiger partial charge in [0.25, 0.3) is 0 Å². The lowest BCUT2D eigenvalue weighted by atomic mass is 9.95. The Morgan fingerprint density at radius 2 is 1.84 bits per heavy atom. The topological polar surface area (TPSA) is 107 Å². The molecule has 0 radical (unpaired) electrons. The summed E-state index contributed by atoms with van der Waals surface area (Å²) in [6.45, 7) is 8.07. The van der Waals surface area contributed by atoms with Gasteiger partial charge in [0.05, 0.1) is 30.8 Å². The Labute approximate surface area is 181 Å². The molecule has 3 rings (SSSR count). The summed E-state index contributed by atoms with van der Waals surface area (Å²) in [6, 6.07) is 5.36. The van der Waals surface area contributed by atoms with E-state index in [1.165, 1.54) is 14.0 Å². The van der Waals surface area contributed by atoms with Gasteiger partial charge < -0.3 is 24.5 Å². The maximum Gasteiger partial charge on any atom is 0.339 e. The zero-order valence-corrected chi connectivity index (χ0v) is 18.5. The first-order valence-corrected chi connectivity index (χ1v) is 10.2. The molecule has 0 fully saturated rings. The van der Waals surface area contributed by atoms with Crippen molar-refractivity contribution in [2.24, 2.45) is 5.92 Å². The molecule has 1 aromatic carbocycles. The molecule has 2 heterocycles. The Kier molecular flexibility index (Phi) is 6.68. The van der Waals surface area contributed by atoms with Crippen LogP contribution >= 0.6 is 0 Å². The Bertz CT molecular complexity index is 1010. The van der Waals surface area contributed by atoms with Crippen molar-refractivity contribution in [1.29, 1.82) is 0 Å². The van der Waals surface area contributed by atoms with Crippen molar-refractivity contribution < 1.29 is 28.6 Å². The molecule has 166 valence electrons. The number of fused-ring (bicyclic) bond motifs is 1. The molecule has 0 aliphatic carbocycles. The molecule has 1 amide bonds. The zero-order valence-electron chi connectivity index (χ0n) is 18.5. The third-order valence-corrected chi connectivity index (χ3v) is 5.32. The Balaban J connectivity index is 1.84. The summed E-state index contributed by atoms with van der Waals surface area (Å²) < 4.78 is 16.1. The van der Waals surface area contributed by atoms with Crippen LogP contribution in [0.25, 0.3) is 0 Å². The van der Waals surface area contributed by atoms with Gasteiger partial charge in [-0.3, -0.25) is 9.59 Å². The molecule has 0 saturated heterocycles. The monoisotopic (exact) mass is 428 g/mol. The highest BCUT2D eigenvalue weighted by Gasteiger charge is 2.26. The summed E-state index contributed by atoms with van der Waals surface area (Å²) in [5, 5.41) is 3.04. The number of benzene rings is 1. The van der Waals surface area contributed by atoms with E-state index in [9.17, 15) is 14.4 Å². The fourth-order valence-corrected chi connectivity index (χ4v) is 3.79. The quantitative estimate of drug-likeness (QED) is 0.518. The standard InChI is InChI=1S/C23H28N2O6/c1-12(2)21(15-6-7-17-18(10-15)31-9-8-30-17)25-19(27)11-16-20(23(28)29-5)13(3)22(24-16)14(4)26/h6-7,10,12,21,24H,8-9,11H2,1-5H3,(H,25,27). The highest BCUT2D eigenvalue weighted by molar-refractivity contribution is 6.01. The minimum absolute atomic E-state index is 0.0909. The van der Waals surface area contributed by atoms with E-state index in [1.54, 1.807) is 6.92 Å². The number of carbonyl (C=O) groups is 3. The van der Waals surface area contributed by atoms with Crippen LogP contribution in [-0.4, -0.2) is 43.0 Å². The van der Waals surface area contributed by atoms with Crippen molar-refractivity contribution in [2.75, 3.05) is 20.3 Å². The number of aromatic nitrogens is 1. The lowest BCUT2D eigenvalue weighted by molar-refractivity contribution is -0.121. The number of aromatic amines is 1. The second-order valence-corrected chi connectivity index (χ2v) is 7.90. The van der Waals surface area contributed by atoms with Gasteiger partial charge in [-0.15, -0.1) is 0 Å². The average Bonchev–Trinajstić information content (AvgIpc) is 3.06. The van der Waals surface area contributed by atoms with Crippen LogP contribution in [0.15, 0.2) is 18.2 Å². The maximum atomic E-state index is 12.9. The molecule has 2 aromatic rings. The molecule has 8 heteroatoms. The normalized spacial score (nSPS) is 13.6. The SMILES string of the molecule is COC(=O)c1c(CC(=O)NC(c2ccc3c(c2)OCCO3)C(C)C)[nH]c(C(C)=O)c1C. The molecule has 1 atom stereocenters. The molecule has 1 aromatic heterocycles. The van der Waals surface area contributed by atoms with Gasteiger partial charge >= 0.3 is 5.97 Å². The van der Waals surface area contributed by atoms with Crippen molar-refractivity contribution >= 4 is 17.7 Å². The van der Waals surface area contributed by atoms with Crippen LogP contribution in [0.1, 0.15) is 64.5 Å². The molecule has 1 aliphatic heterocycles. The van der Waals surface area contributed by atoms with Crippen LogP contribution < -0.4 is 14.8 Å². The number of H-pyrrole nitrogens is 1. The molecule has 1 aliphatic rings. The molecule has 1 unspecified atom stereocenters. The van der Waals surface area contributed by atoms with Gasteiger partial charge in [-0.2, -0.15) is 0 Å². The third-order valence-electron chi connectivity index (χ3n) is 5.32. The zero-order chi connectivity index (χ0) is 22.7. The van der Waals surface area contributed by atoms with Crippen LogP contribution in [0, 0.1) is 12.8 Å². The maximum absolute atomic E-state index is 12.9. The summed E-state index contributed by atoms with van der Waals surface area (Å²) in [5.41, 5.74) is 2.26. The first-order chi connectivity index (χ1) is 14.7. The predicted molar refractivity (Wildman–Crippen MR) is 114 cm³/mol. The van der Waals surface area contributed by atoms with Gasteiger partial charge in [-0.25, -0.2) is 4.79 Å². The van der Waals surface area contributed by atoms with Crippen LogP contribution in [-0.2, 0) is 16.0 Å². The highest BCUT2D eigenvalue weighted by Crippen LogP contribution is 2.34. The van der Waals surface area contributed by atoms with Crippen molar-refractivity contribution in [3.05, 3.63) is 46.3 Å². The number of amides is 1. The van der Waals surface area contributed by atoms with Crippen LogP contribution in [0.2, 0.25) is 0 Å². The van der Waals surface area contributed by atoms with E-state index in [0.717, 1.165) is 5.56 Å².